The second-order valence-electron chi connectivity index (χ2n) is 19.9. The normalized spacial score (nSPS) is 9.96. The van der Waals surface area contributed by atoms with E-state index in [9.17, 15) is 58.0 Å². The number of aryl methyl sites for hydroxylation is 9. The van der Waals surface area contributed by atoms with E-state index in [1.807, 2.05) is 50.4 Å². The van der Waals surface area contributed by atoms with Crippen LogP contribution in [0.25, 0.3) is 66.9 Å². The van der Waals surface area contributed by atoms with Crippen molar-refractivity contribution in [1.29, 1.82) is 0 Å². The summed E-state index contributed by atoms with van der Waals surface area (Å²) in [6.07, 6.45) is 14.1. The molecule has 0 saturated heterocycles. The Kier molecular flexibility index (Phi) is 33.5. The molecule has 12 aromatic heterocycles. The number of carboxylic acid groups (broad SMARTS) is 6. The molecule has 12 aromatic rings. The van der Waals surface area contributed by atoms with E-state index in [1.165, 1.54) is 125 Å². The molecule has 0 aliphatic heterocycles. The van der Waals surface area contributed by atoms with Gasteiger partial charge in [-0.3, -0.25) is 53.0 Å². The summed E-state index contributed by atoms with van der Waals surface area (Å²) in [7, 11) is 10.7. The Morgan fingerprint density at radius 3 is 1.28 bits per heavy atom. The maximum atomic E-state index is 13.0. The van der Waals surface area contributed by atoms with Gasteiger partial charge >= 0.3 is 130 Å². The van der Waals surface area contributed by atoms with Crippen molar-refractivity contribution in [3.63, 3.8) is 0 Å². The van der Waals surface area contributed by atoms with E-state index in [0.717, 1.165) is 33.9 Å². The summed E-state index contributed by atoms with van der Waals surface area (Å²) >= 11 is 1.42. The fraction of sp³-hybridized carbons (Fsp3) is 0.161. The van der Waals surface area contributed by atoms with E-state index in [1.54, 1.807) is 51.7 Å². The molecule has 0 saturated carbocycles. The van der Waals surface area contributed by atoms with Gasteiger partial charge in [0, 0.05) is 100 Å². The van der Waals surface area contributed by atoms with Crippen LogP contribution in [0.4, 0.5) is 8.78 Å². The van der Waals surface area contributed by atoms with Crippen molar-refractivity contribution < 1.29 is 191 Å². The third kappa shape index (κ3) is 21.6. The van der Waals surface area contributed by atoms with E-state index in [2.05, 4.69) is 60.5 Å². The zero-order chi connectivity index (χ0) is 70.2. The molecule has 0 radical (unpaired) electrons. The molecule has 12 rings (SSSR count). The molecule has 0 fully saturated rings. The Bertz CT molecular complexity index is 4590. The van der Waals surface area contributed by atoms with Crippen molar-refractivity contribution in [3.8, 4) is 72.6 Å². The van der Waals surface area contributed by atoms with E-state index in [0.29, 0.717) is 61.4 Å². The van der Waals surface area contributed by atoms with Gasteiger partial charge in [-0.2, -0.15) is 30.6 Å². The molecular formula is C62H54F2N18Na4O13S. The fourth-order valence-corrected chi connectivity index (χ4v) is 9.69. The van der Waals surface area contributed by atoms with Crippen LogP contribution in [0.1, 0.15) is 79.9 Å². The molecule has 0 bridgehead atoms. The Labute approximate surface area is 659 Å². The van der Waals surface area contributed by atoms with Crippen molar-refractivity contribution in [2.45, 2.75) is 20.8 Å². The molecule has 0 spiro atoms. The Hall–Kier alpha value is -8.88. The third-order valence-corrected chi connectivity index (χ3v) is 14.3. The van der Waals surface area contributed by atoms with E-state index >= 15 is 0 Å². The number of aromatic nitrogens is 18. The van der Waals surface area contributed by atoms with E-state index in [-0.39, 0.29) is 164 Å². The number of aromatic carboxylic acids is 6. The number of nitrogens with zero attached hydrogens (tertiary/aromatic N) is 18. The molecule has 2 N–H and O–H groups in total. The van der Waals surface area contributed by atoms with Crippen LogP contribution in [0.15, 0.2) is 134 Å². The average molecular weight is 1420 g/mol. The number of ether oxygens (including phenoxy) is 1. The zero-order valence-electron chi connectivity index (χ0n) is 56.3. The maximum absolute atomic E-state index is 13.0. The number of carbonyl (C=O) groups excluding carboxylic acids is 4. The summed E-state index contributed by atoms with van der Waals surface area (Å²) < 4.78 is 38.3. The quantitative estimate of drug-likeness (QED) is 0.101. The first-order chi connectivity index (χ1) is 45.6. The van der Waals surface area contributed by atoms with Crippen molar-refractivity contribution in [1.82, 2.24) is 88.6 Å². The van der Waals surface area contributed by atoms with Gasteiger partial charge in [0.05, 0.1) is 137 Å². The molecule has 0 aromatic carbocycles. The first kappa shape index (κ1) is 85.3. The SMILES string of the molecule is COc1cccnc1-c1cnn(C)c1C(=O)[O-].Cc1cccc(-c2cnn(C)c2C(=O)O)n1.Cc1ccnc(-c2cnn(C)c2C(=O)[O-])c1.Cc1csc(-c2cnn(C)c2C(=O)O)n1.Cn1ncc(-c2cc(F)ccn2)c1C(=O)[O-].Cn1ncc(-c2ccc(F)cn2)c1C(=O)[O-].[Na+].[Na+].[Na+].[Na+]. The fourth-order valence-electron chi connectivity index (χ4n) is 8.88. The summed E-state index contributed by atoms with van der Waals surface area (Å²) in [5.74, 6) is -7.74. The van der Waals surface area contributed by atoms with Crippen LogP contribution in [0.3, 0.4) is 0 Å². The van der Waals surface area contributed by atoms with Crippen LogP contribution in [-0.4, -0.2) is 142 Å². The second-order valence-corrected chi connectivity index (χ2v) is 20.8. The largest absolute Gasteiger partial charge is 1.00 e. The predicted octanol–water partition coefficient (Wildman–Crippen LogP) is -8.97. The second kappa shape index (κ2) is 39.2. The standard InChI is InChI=1S/C11H11N3O3.2C11H11N3O2.2C10H8FN3O2.C9H9N3O2S.4Na/c1-14-10(11(15)16)7(6-13-14)9-8(17-2)4-3-5-12-9;1-7-3-4-12-9(5-7)8-6-13-14(2)10(8)11(15)16;1-7-4-3-5-9(13-7)8-6-12-14(2)10(8)11(15)16;1-14-9(10(15)16)7(5-13-14)8-4-6(11)2-3-12-8;1-14-9(10(15)16)7(5-13-14)8-3-2-6(11)4-12-8;1-5-4-15-8(11-5)6-3-10-12(2)7(6)9(13)14;;;;/h3-6H,1-2H3,(H,15,16);2*3-6H,1-2H3,(H,15,16);2*2-5H,1H3,(H,15,16);3-4H,1-2H3,(H,13,14);;;;/q;;;;;;4*+1/p-4. The summed E-state index contributed by atoms with van der Waals surface area (Å²) in [4.78, 5) is 90.2. The molecule has 100 heavy (non-hydrogen) atoms. The average Bonchev–Trinajstić information content (AvgIpc) is 1.67. The van der Waals surface area contributed by atoms with Gasteiger partial charge in [0.2, 0.25) is 0 Å². The van der Waals surface area contributed by atoms with Crippen LogP contribution in [0.5, 0.6) is 5.75 Å². The first-order valence-corrected chi connectivity index (χ1v) is 28.5. The van der Waals surface area contributed by atoms with Crippen LogP contribution in [-0.2, 0) is 42.3 Å². The summed E-state index contributed by atoms with van der Waals surface area (Å²) in [6, 6.07) is 17.5. The molecule has 12 heterocycles. The van der Waals surface area contributed by atoms with Crippen LogP contribution < -0.4 is 143 Å². The van der Waals surface area contributed by atoms with Crippen molar-refractivity contribution >= 4 is 47.2 Å². The van der Waals surface area contributed by atoms with Gasteiger partial charge in [-0.25, -0.2) is 23.4 Å². The van der Waals surface area contributed by atoms with Gasteiger partial charge in [0.1, 0.15) is 28.1 Å². The van der Waals surface area contributed by atoms with Crippen LogP contribution in [0.2, 0.25) is 0 Å². The number of carboxylic acids is 6. The van der Waals surface area contributed by atoms with E-state index < -0.39 is 47.5 Å². The van der Waals surface area contributed by atoms with Crippen LogP contribution >= 0.6 is 11.3 Å². The van der Waals surface area contributed by atoms with Gasteiger partial charge in [-0.05, 0) is 80.9 Å². The van der Waals surface area contributed by atoms with Gasteiger partial charge in [-0.1, -0.05) is 6.07 Å². The smallest absolute Gasteiger partial charge is 0.543 e. The van der Waals surface area contributed by atoms with Gasteiger partial charge in [-0.15, -0.1) is 11.3 Å². The minimum Gasteiger partial charge on any atom is -0.543 e. The number of halogens is 2. The van der Waals surface area contributed by atoms with Gasteiger partial charge in [0.15, 0.2) is 11.4 Å². The summed E-state index contributed by atoms with van der Waals surface area (Å²) in [5, 5.41) is 87.6. The number of thiazole rings is 1. The monoisotopic (exact) mass is 1420 g/mol. The topological polar surface area (TPSA) is 429 Å². The number of carbonyl (C=O) groups is 6. The Morgan fingerprint density at radius 2 is 0.860 bits per heavy atom. The molecule has 0 aliphatic rings. The Balaban J connectivity index is 0.000000310. The molecule has 494 valence electrons. The molecule has 0 atom stereocenters. The molecule has 0 aliphatic carbocycles. The number of pyridine rings is 5. The number of hydrogen-bond acceptors (Lipinski definition) is 24. The minimum atomic E-state index is -1.37. The number of rotatable bonds is 13. The van der Waals surface area contributed by atoms with E-state index in [4.69, 9.17) is 14.9 Å². The first-order valence-electron chi connectivity index (χ1n) is 27.6. The minimum absolute atomic E-state index is 0. The zero-order valence-corrected chi connectivity index (χ0v) is 65.1. The summed E-state index contributed by atoms with van der Waals surface area (Å²) in [6.45, 7) is 5.65. The number of methoxy groups -OCH3 is 1. The van der Waals surface area contributed by atoms with Crippen molar-refractivity contribution in [2.24, 2.45) is 42.3 Å². The molecule has 0 unspecified atom stereocenters. The maximum Gasteiger partial charge on any atom is 1.00 e. The predicted molar refractivity (Wildman–Crippen MR) is 328 cm³/mol. The molecular weight excluding hydrogens is 1370 g/mol. The molecule has 38 heteroatoms. The van der Waals surface area contributed by atoms with Crippen LogP contribution in [0, 0.1) is 32.4 Å². The molecule has 31 nitrogen and oxygen atoms in total. The van der Waals surface area contributed by atoms with Gasteiger partial charge in [0.25, 0.3) is 0 Å². The third-order valence-electron chi connectivity index (χ3n) is 13.3. The van der Waals surface area contributed by atoms with Gasteiger partial charge < -0.3 is 54.6 Å². The summed E-state index contributed by atoms with van der Waals surface area (Å²) in [5.41, 5.74) is 7.59. The Morgan fingerprint density at radius 1 is 0.430 bits per heavy atom. The van der Waals surface area contributed by atoms with Crippen molar-refractivity contribution in [3.05, 3.63) is 197 Å². The molecule has 0 amide bonds. The number of hydrogen-bond donors (Lipinski definition) is 2. The van der Waals surface area contributed by atoms with Crippen molar-refractivity contribution in [2.75, 3.05) is 7.11 Å².